The molecule has 7 heteroatoms. The van der Waals surface area contributed by atoms with Crippen molar-refractivity contribution in [3.8, 4) is 0 Å². The maximum Gasteiger partial charge on any atom is 0.231 e. The third kappa shape index (κ3) is 2.87. The van der Waals surface area contributed by atoms with Crippen molar-refractivity contribution in [2.45, 2.75) is 38.0 Å². The molecule has 106 valence electrons. The van der Waals surface area contributed by atoms with Crippen LogP contribution in [0.5, 0.6) is 0 Å². The van der Waals surface area contributed by atoms with Crippen molar-refractivity contribution in [3.05, 3.63) is 23.7 Å². The second-order valence-electron chi connectivity index (χ2n) is 5.30. The van der Waals surface area contributed by atoms with Crippen LogP contribution in [0.25, 0.3) is 0 Å². The smallest absolute Gasteiger partial charge is 0.231 e. The second-order valence-corrected chi connectivity index (χ2v) is 5.30. The molecule has 0 atom stereocenters. The summed E-state index contributed by atoms with van der Waals surface area (Å²) in [7, 11) is 1.77. The van der Waals surface area contributed by atoms with Crippen molar-refractivity contribution < 1.29 is 4.79 Å². The molecular weight excluding hydrogens is 256 g/mol. The molecule has 0 unspecified atom stereocenters. The van der Waals surface area contributed by atoms with E-state index in [9.17, 15) is 4.79 Å². The largest absolute Gasteiger partial charge is 0.309 e. The Kier molecular flexibility index (Phi) is 3.49. The summed E-state index contributed by atoms with van der Waals surface area (Å²) in [6, 6.07) is 1.94. The molecule has 1 aliphatic carbocycles. The summed E-state index contributed by atoms with van der Waals surface area (Å²) in [5, 5.41) is 17.6. The molecule has 2 N–H and O–H groups in total. The van der Waals surface area contributed by atoms with Crippen LogP contribution in [0.4, 0.5) is 5.82 Å². The van der Waals surface area contributed by atoms with Crippen LogP contribution < -0.4 is 5.32 Å². The number of carbonyl (C=O) groups excluding carboxylic acids is 1. The zero-order valence-corrected chi connectivity index (χ0v) is 11.5. The lowest BCUT2D eigenvalue weighted by Gasteiger charge is -2.03. The molecular formula is C13H18N6O. The molecule has 3 rings (SSSR count). The van der Waals surface area contributed by atoms with Gasteiger partial charge in [-0.25, -0.2) is 0 Å². The summed E-state index contributed by atoms with van der Waals surface area (Å²) >= 11 is 0. The average molecular weight is 274 g/mol. The van der Waals surface area contributed by atoms with E-state index in [1.54, 1.807) is 17.9 Å². The van der Waals surface area contributed by atoms with Gasteiger partial charge in [-0.3, -0.25) is 14.6 Å². The van der Waals surface area contributed by atoms with Crippen LogP contribution in [0.3, 0.4) is 0 Å². The molecule has 0 bridgehead atoms. The van der Waals surface area contributed by atoms with Gasteiger partial charge in [-0.2, -0.15) is 5.10 Å². The number of anilines is 1. The van der Waals surface area contributed by atoms with E-state index in [0.717, 1.165) is 5.69 Å². The highest BCUT2D eigenvalue weighted by Crippen LogP contribution is 2.33. The molecule has 1 amide bonds. The Morgan fingerprint density at radius 2 is 2.30 bits per heavy atom. The molecule has 2 aromatic rings. The first-order valence-corrected chi connectivity index (χ1v) is 6.91. The normalized spacial score (nSPS) is 15.7. The summed E-state index contributed by atoms with van der Waals surface area (Å²) in [5.41, 5.74) is 1.77. The highest BCUT2D eigenvalue weighted by Gasteiger charge is 2.19. The molecule has 0 saturated heterocycles. The number of hydrogen-bond acceptors (Lipinski definition) is 4. The molecule has 2 aromatic heterocycles. The number of aromatic amines is 1. The lowest BCUT2D eigenvalue weighted by Crippen LogP contribution is -2.14. The quantitative estimate of drug-likeness (QED) is 0.881. The summed E-state index contributed by atoms with van der Waals surface area (Å²) < 4.78 is 1.58. The first-order valence-electron chi connectivity index (χ1n) is 6.91. The minimum atomic E-state index is -0.130. The van der Waals surface area contributed by atoms with Crippen LogP contribution in [-0.4, -0.2) is 31.1 Å². The van der Waals surface area contributed by atoms with Crippen LogP contribution in [0, 0.1) is 0 Å². The standard InChI is InChI=1S/C13H18N6O/c1-19-8-10(15-18-19)6-13(20)14-12-7-11(16-17-12)9-4-2-3-5-9/h7-9H,2-6H2,1H3,(H2,14,16,17,20). The van der Waals surface area contributed by atoms with Crippen molar-refractivity contribution >= 4 is 11.7 Å². The van der Waals surface area contributed by atoms with Gasteiger partial charge in [0.2, 0.25) is 5.91 Å². The molecule has 20 heavy (non-hydrogen) atoms. The van der Waals surface area contributed by atoms with Crippen LogP contribution in [0.1, 0.15) is 43.0 Å². The molecule has 0 aromatic carbocycles. The number of aromatic nitrogens is 5. The number of aryl methyl sites for hydroxylation is 1. The highest BCUT2D eigenvalue weighted by atomic mass is 16.1. The van der Waals surface area contributed by atoms with E-state index >= 15 is 0 Å². The minimum absolute atomic E-state index is 0.130. The topological polar surface area (TPSA) is 88.5 Å². The van der Waals surface area contributed by atoms with E-state index in [1.165, 1.54) is 25.7 Å². The zero-order valence-electron chi connectivity index (χ0n) is 11.5. The molecule has 0 radical (unpaired) electrons. The van der Waals surface area contributed by atoms with Gasteiger partial charge in [0.05, 0.1) is 12.1 Å². The van der Waals surface area contributed by atoms with E-state index in [2.05, 4.69) is 25.8 Å². The Hall–Kier alpha value is -2.18. The van der Waals surface area contributed by atoms with E-state index < -0.39 is 0 Å². The lowest BCUT2D eigenvalue weighted by atomic mass is 10.0. The Morgan fingerprint density at radius 3 is 3.00 bits per heavy atom. The van der Waals surface area contributed by atoms with E-state index in [0.29, 0.717) is 17.4 Å². The van der Waals surface area contributed by atoms with Crippen molar-refractivity contribution in [1.29, 1.82) is 0 Å². The third-order valence-corrected chi connectivity index (χ3v) is 3.65. The Bertz CT molecular complexity index is 596. The second kappa shape index (κ2) is 5.44. The first-order chi connectivity index (χ1) is 9.70. The fourth-order valence-electron chi connectivity index (χ4n) is 2.67. The number of nitrogens with zero attached hydrogens (tertiary/aromatic N) is 4. The number of carbonyl (C=O) groups is 1. The fourth-order valence-corrected chi connectivity index (χ4v) is 2.67. The third-order valence-electron chi connectivity index (χ3n) is 3.65. The number of nitrogens with one attached hydrogen (secondary N) is 2. The molecule has 7 nitrogen and oxygen atoms in total. The number of H-pyrrole nitrogens is 1. The van der Waals surface area contributed by atoms with Gasteiger partial charge in [-0.05, 0) is 12.8 Å². The van der Waals surface area contributed by atoms with Gasteiger partial charge in [0.15, 0.2) is 5.82 Å². The summed E-state index contributed by atoms with van der Waals surface area (Å²) in [5.74, 6) is 1.02. The summed E-state index contributed by atoms with van der Waals surface area (Å²) in [6.45, 7) is 0. The van der Waals surface area contributed by atoms with E-state index in [1.807, 2.05) is 6.07 Å². The van der Waals surface area contributed by atoms with Crippen molar-refractivity contribution in [2.24, 2.45) is 7.05 Å². The molecule has 0 aliphatic heterocycles. The molecule has 2 heterocycles. The van der Waals surface area contributed by atoms with Crippen LogP contribution in [0.2, 0.25) is 0 Å². The van der Waals surface area contributed by atoms with Gasteiger partial charge in [0.1, 0.15) is 0 Å². The van der Waals surface area contributed by atoms with Crippen LogP contribution >= 0.6 is 0 Å². The van der Waals surface area contributed by atoms with E-state index in [4.69, 9.17) is 0 Å². The van der Waals surface area contributed by atoms with Crippen molar-refractivity contribution in [1.82, 2.24) is 25.2 Å². The minimum Gasteiger partial charge on any atom is -0.309 e. The van der Waals surface area contributed by atoms with Gasteiger partial charge >= 0.3 is 0 Å². The van der Waals surface area contributed by atoms with Crippen molar-refractivity contribution in [2.75, 3.05) is 5.32 Å². The fraction of sp³-hybridized carbons (Fsp3) is 0.538. The number of rotatable bonds is 4. The van der Waals surface area contributed by atoms with Crippen LogP contribution in [-0.2, 0) is 18.3 Å². The molecule has 1 aliphatic rings. The maximum absolute atomic E-state index is 11.9. The summed E-state index contributed by atoms with van der Waals surface area (Å²) in [6.07, 6.45) is 6.90. The predicted molar refractivity (Wildman–Crippen MR) is 73.1 cm³/mol. The van der Waals surface area contributed by atoms with E-state index in [-0.39, 0.29) is 12.3 Å². The van der Waals surface area contributed by atoms with Crippen molar-refractivity contribution in [3.63, 3.8) is 0 Å². The molecule has 1 saturated carbocycles. The Balaban J connectivity index is 1.58. The van der Waals surface area contributed by atoms with Gasteiger partial charge in [-0.1, -0.05) is 18.1 Å². The first kappa shape index (κ1) is 12.8. The number of hydrogen-bond donors (Lipinski definition) is 2. The Labute approximate surface area is 116 Å². The summed E-state index contributed by atoms with van der Waals surface area (Å²) in [4.78, 5) is 11.9. The zero-order chi connectivity index (χ0) is 13.9. The van der Waals surface area contributed by atoms with Crippen LogP contribution in [0.15, 0.2) is 12.3 Å². The SMILES string of the molecule is Cn1cc(CC(=O)Nc2cc(C3CCCC3)[nH]n2)nn1. The highest BCUT2D eigenvalue weighted by molar-refractivity contribution is 5.91. The predicted octanol–water partition coefficient (Wildman–Crippen LogP) is 1.38. The molecule has 1 fully saturated rings. The lowest BCUT2D eigenvalue weighted by molar-refractivity contribution is -0.115. The number of amides is 1. The Morgan fingerprint density at radius 1 is 1.50 bits per heavy atom. The monoisotopic (exact) mass is 274 g/mol. The van der Waals surface area contributed by atoms with Gasteiger partial charge in [-0.15, -0.1) is 5.10 Å². The maximum atomic E-state index is 11.9. The van der Waals surface area contributed by atoms with Gasteiger partial charge in [0.25, 0.3) is 0 Å². The average Bonchev–Trinajstić information content (AvgIpc) is 3.10. The van der Waals surface area contributed by atoms with Gasteiger partial charge in [0, 0.05) is 30.9 Å². The molecule has 0 spiro atoms. The van der Waals surface area contributed by atoms with Gasteiger partial charge < -0.3 is 5.32 Å².